The minimum absolute atomic E-state index is 0.0436. The Balaban J connectivity index is 2.15. The number of aromatic amines is 1. The van der Waals surface area contributed by atoms with Crippen molar-refractivity contribution in [3.8, 4) is 11.3 Å². The van der Waals surface area contributed by atoms with E-state index in [-0.39, 0.29) is 11.9 Å². The van der Waals surface area contributed by atoms with Crippen molar-refractivity contribution < 1.29 is 4.79 Å². The molecule has 2 rings (SSSR count). The molecule has 0 aliphatic carbocycles. The first-order valence-corrected chi connectivity index (χ1v) is 7.11. The van der Waals surface area contributed by atoms with Gasteiger partial charge in [0.15, 0.2) is 4.77 Å². The highest BCUT2D eigenvalue weighted by atomic mass is 32.1. The van der Waals surface area contributed by atoms with Gasteiger partial charge in [0.25, 0.3) is 0 Å². The van der Waals surface area contributed by atoms with Crippen LogP contribution in [-0.4, -0.2) is 21.5 Å². The van der Waals surface area contributed by atoms with Crippen LogP contribution in [0.3, 0.4) is 0 Å². The lowest BCUT2D eigenvalue weighted by Crippen LogP contribution is -2.30. The van der Waals surface area contributed by atoms with Gasteiger partial charge in [-0.15, -0.1) is 0 Å². The van der Waals surface area contributed by atoms with Crippen molar-refractivity contribution in [2.45, 2.75) is 32.9 Å². The van der Waals surface area contributed by atoms with Crippen molar-refractivity contribution in [1.82, 2.24) is 14.9 Å². The zero-order valence-electron chi connectivity index (χ0n) is 11.7. The van der Waals surface area contributed by atoms with Crippen molar-refractivity contribution in [1.29, 1.82) is 0 Å². The summed E-state index contributed by atoms with van der Waals surface area (Å²) < 4.78 is 2.60. The second-order valence-electron chi connectivity index (χ2n) is 4.97. The van der Waals surface area contributed by atoms with Crippen LogP contribution in [0, 0.1) is 4.77 Å². The first-order valence-electron chi connectivity index (χ1n) is 6.71. The van der Waals surface area contributed by atoms with Crippen LogP contribution in [0.4, 0.5) is 0 Å². The molecule has 4 nitrogen and oxygen atoms in total. The van der Waals surface area contributed by atoms with E-state index in [4.69, 9.17) is 12.2 Å². The molecule has 0 saturated carbocycles. The summed E-state index contributed by atoms with van der Waals surface area (Å²) in [5, 5.41) is 2.89. The van der Waals surface area contributed by atoms with Crippen LogP contribution in [0.2, 0.25) is 0 Å². The average Bonchev–Trinajstić information content (AvgIpc) is 2.78. The van der Waals surface area contributed by atoms with E-state index in [9.17, 15) is 4.79 Å². The molecule has 0 saturated heterocycles. The Hall–Kier alpha value is -1.88. The topological polar surface area (TPSA) is 49.8 Å². The first kappa shape index (κ1) is 14.5. The molecule has 5 heteroatoms. The number of aromatic nitrogens is 2. The number of hydrogen-bond acceptors (Lipinski definition) is 2. The van der Waals surface area contributed by atoms with Crippen LogP contribution < -0.4 is 5.32 Å². The summed E-state index contributed by atoms with van der Waals surface area (Å²) in [6.45, 7) is 4.48. The molecule has 0 spiro atoms. The fraction of sp³-hybridized carbons (Fsp3) is 0.333. The van der Waals surface area contributed by atoms with Crippen molar-refractivity contribution in [3.63, 3.8) is 0 Å². The summed E-state index contributed by atoms with van der Waals surface area (Å²) in [6, 6.07) is 10.2. The number of nitrogens with one attached hydrogen (secondary N) is 2. The third-order valence-corrected chi connectivity index (χ3v) is 3.29. The van der Waals surface area contributed by atoms with E-state index in [1.807, 2.05) is 54.9 Å². The molecule has 0 aliphatic rings. The van der Waals surface area contributed by atoms with E-state index in [2.05, 4.69) is 10.3 Å². The maximum atomic E-state index is 11.7. The number of rotatable bonds is 5. The lowest BCUT2D eigenvalue weighted by molar-refractivity contribution is -0.121. The number of benzene rings is 1. The smallest absolute Gasteiger partial charge is 0.221 e. The lowest BCUT2D eigenvalue weighted by atomic mass is 10.1. The molecule has 1 heterocycles. The molecule has 0 fully saturated rings. The molecule has 1 aromatic carbocycles. The van der Waals surface area contributed by atoms with Gasteiger partial charge < -0.3 is 14.9 Å². The monoisotopic (exact) mass is 289 g/mol. The Morgan fingerprint density at radius 3 is 2.70 bits per heavy atom. The van der Waals surface area contributed by atoms with Crippen LogP contribution in [0.15, 0.2) is 36.5 Å². The summed E-state index contributed by atoms with van der Waals surface area (Å²) in [5.41, 5.74) is 2.09. The Labute approximate surface area is 123 Å². The van der Waals surface area contributed by atoms with Gasteiger partial charge in [0, 0.05) is 25.2 Å². The van der Waals surface area contributed by atoms with Gasteiger partial charge in [-0.25, -0.2) is 0 Å². The van der Waals surface area contributed by atoms with E-state index >= 15 is 0 Å². The molecule has 1 aromatic heterocycles. The van der Waals surface area contributed by atoms with E-state index in [1.165, 1.54) is 0 Å². The Morgan fingerprint density at radius 1 is 1.35 bits per heavy atom. The third-order valence-electron chi connectivity index (χ3n) is 2.95. The van der Waals surface area contributed by atoms with Gasteiger partial charge in [-0.1, -0.05) is 30.3 Å². The molecular weight excluding hydrogens is 270 g/mol. The largest absolute Gasteiger partial charge is 0.354 e. The van der Waals surface area contributed by atoms with Gasteiger partial charge in [-0.3, -0.25) is 4.79 Å². The summed E-state index contributed by atoms with van der Waals surface area (Å²) in [7, 11) is 0. The zero-order chi connectivity index (χ0) is 14.5. The molecule has 0 radical (unpaired) electrons. The number of amides is 1. The second kappa shape index (κ2) is 6.52. The zero-order valence-corrected chi connectivity index (χ0v) is 12.5. The predicted octanol–water partition coefficient (Wildman–Crippen LogP) is 3.13. The molecule has 0 unspecified atom stereocenters. The summed E-state index contributed by atoms with van der Waals surface area (Å²) in [5.74, 6) is 0.0436. The highest BCUT2D eigenvalue weighted by Gasteiger charge is 2.09. The fourth-order valence-electron chi connectivity index (χ4n) is 2.07. The van der Waals surface area contributed by atoms with E-state index < -0.39 is 0 Å². The van der Waals surface area contributed by atoms with Crippen molar-refractivity contribution in [2.75, 3.05) is 0 Å². The standard InChI is InChI=1S/C15H19N3OS/c1-11(2)17-14(19)8-9-18-13(10-16-15(18)20)12-6-4-3-5-7-12/h3-7,10-11H,8-9H2,1-2H3,(H,16,20)(H,17,19). The molecule has 1 amide bonds. The summed E-state index contributed by atoms with van der Waals surface area (Å²) in [6.07, 6.45) is 2.31. The highest BCUT2D eigenvalue weighted by molar-refractivity contribution is 7.71. The van der Waals surface area contributed by atoms with Crippen LogP contribution in [0.25, 0.3) is 11.3 Å². The van der Waals surface area contributed by atoms with E-state index in [0.29, 0.717) is 17.7 Å². The van der Waals surface area contributed by atoms with Crippen LogP contribution in [-0.2, 0) is 11.3 Å². The molecule has 2 aromatic rings. The first-order chi connectivity index (χ1) is 9.58. The number of H-pyrrole nitrogens is 1. The van der Waals surface area contributed by atoms with Gasteiger partial charge in [0.1, 0.15) is 0 Å². The van der Waals surface area contributed by atoms with Crippen molar-refractivity contribution >= 4 is 18.1 Å². The molecule has 0 aliphatic heterocycles. The molecular formula is C15H19N3OS. The molecule has 0 atom stereocenters. The van der Waals surface area contributed by atoms with Crippen molar-refractivity contribution in [2.24, 2.45) is 0 Å². The van der Waals surface area contributed by atoms with Gasteiger partial charge >= 0.3 is 0 Å². The fourth-order valence-corrected chi connectivity index (χ4v) is 2.32. The summed E-state index contributed by atoms with van der Waals surface area (Å²) >= 11 is 5.29. The SMILES string of the molecule is CC(C)NC(=O)CCn1c(-c2ccccc2)c[nH]c1=S. The maximum absolute atomic E-state index is 11.7. The van der Waals surface area contributed by atoms with Crippen molar-refractivity contribution in [3.05, 3.63) is 41.3 Å². The average molecular weight is 289 g/mol. The Morgan fingerprint density at radius 2 is 2.05 bits per heavy atom. The number of carbonyl (C=O) groups is 1. The minimum Gasteiger partial charge on any atom is -0.354 e. The number of hydrogen-bond donors (Lipinski definition) is 2. The predicted molar refractivity (Wildman–Crippen MR) is 82.9 cm³/mol. The Bertz CT molecular complexity index is 628. The number of carbonyl (C=O) groups excluding carboxylic acids is 1. The summed E-state index contributed by atoms with van der Waals surface area (Å²) in [4.78, 5) is 14.8. The normalized spacial score (nSPS) is 10.8. The second-order valence-corrected chi connectivity index (χ2v) is 5.36. The third kappa shape index (κ3) is 3.57. The van der Waals surface area contributed by atoms with Gasteiger partial charge in [-0.2, -0.15) is 0 Å². The van der Waals surface area contributed by atoms with Crippen LogP contribution >= 0.6 is 12.2 Å². The molecule has 106 valence electrons. The molecule has 2 N–H and O–H groups in total. The van der Waals surface area contributed by atoms with Crippen LogP contribution in [0.1, 0.15) is 20.3 Å². The Kier molecular flexibility index (Phi) is 4.74. The lowest BCUT2D eigenvalue weighted by Gasteiger charge is -2.10. The molecule has 20 heavy (non-hydrogen) atoms. The number of nitrogens with zero attached hydrogens (tertiary/aromatic N) is 1. The van der Waals surface area contributed by atoms with Gasteiger partial charge in [0.2, 0.25) is 5.91 Å². The maximum Gasteiger partial charge on any atom is 0.221 e. The quantitative estimate of drug-likeness (QED) is 0.831. The number of imidazole rings is 1. The van der Waals surface area contributed by atoms with E-state index in [0.717, 1.165) is 11.3 Å². The van der Waals surface area contributed by atoms with Gasteiger partial charge in [-0.05, 0) is 31.6 Å². The van der Waals surface area contributed by atoms with Gasteiger partial charge in [0.05, 0.1) is 5.69 Å². The highest BCUT2D eigenvalue weighted by Crippen LogP contribution is 2.19. The van der Waals surface area contributed by atoms with Crippen LogP contribution in [0.5, 0.6) is 0 Å². The molecule has 0 bridgehead atoms. The minimum atomic E-state index is 0.0436. The van der Waals surface area contributed by atoms with E-state index in [1.54, 1.807) is 0 Å².